The zero-order valence-electron chi connectivity index (χ0n) is 10.6. The summed E-state index contributed by atoms with van der Waals surface area (Å²) in [5.41, 5.74) is 1.11. The molecule has 3 aromatic heterocycles. The van der Waals surface area contributed by atoms with E-state index in [1.165, 1.54) is 30.1 Å². The van der Waals surface area contributed by atoms with Crippen LogP contribution in [-0.4, -0.2) is 26.2 Å². The highest BCUT2D eigenvalue weighted by Gasteiger charge is 2.10. The van der Waals surface area contributed by atoms with E-state index in [9.17, 15) is 4.79 Å². The van der Waals surface area contributed by atoms with Crippen molar-refractivity contribution in [2.75, 3.05) is 0 Å². The fourth-order valence-electron chi connectivity index (χ4n) is 1.58. The molecule has 3 rings (SSSR count). The summed E-state index contributed by atoms with van der Waals surface area (Å²) in [5.74, 6) is 0.519. The summed E-state index contributed by atoms with van der Waals surface area (Å²) in [6.45, 7) is 0. The molecule has 0 aliphatic rings. The van der Waals surface area contributed by atoms with E-state index >= 15 is 0 Å². The maximum absolute atomic E-state index is 10.9. The van der Waals surface area contributed by atoms with Gasteiger partial charge in [-0.15, -0.1) is 0 Å². The number of carbonyl (C=O) groups is 1. The Labute approximate surface area is 127 Å². The molecule has 0 unspecified atom stereocenters. The number of nitrogens with zero attached hydrogens (tertiary/aromatic N) is 3. The van der Waals surface area contributed by atoms with Crippen LogP contribution in [0.25, 0.3) is 11.5 Å². The van der Waals surface area contributed by atoms with E-state index in [2.05, 4.69) is 15.1 Å². The first-order valence-corrected chi connectivity index (χ1v) is 7.82. The molecule has 0 fully saturated rings. The lowest BCUT2D eigenvalue weighted by atomic mass is 10.3. The first kappa shape index (κ1) is 13.8. The molecule has 0 aliphatic carbocycles. The van der Waals surface area contributed by atoms with Crippen molar-refractivity contribution < 1.29 is 14.4 Å². The van der Waals surface area contributed by atoms with Crippen LogP contribution in [0, 0.1) is 0 Å². The number of hydrogen-bond acceptors (Lipinski definition) is 7. The van der Waals surface area contributed by atoms with Crippen molar-refractivity contribution in [3.8, 4) is 11.5 Å². The van der Waals surface area contributed by atoms with Crippen molar-refractivity contribution in [1.29, 1.82) is 0 Å². The van der Waals surface area contributed by atoms with E-state index in [0.29, 0.717) is 22.5 Å². The average Bonchev–Trinajstić information content (AvgIpc) is 3.16. The minimum Gasteiger partial charge on any atom is -0.478 e. The third kappa shape index (κ3) is 3.29. The van der Waals surface area contributed by atoms with Gasteiger partial charge in [-0.25, -0.2) is 9.78 Å². The number of carboxylic acid groups (broad SMARTS) is 1. The Balaban J connectivity index is 1.68. The molecule has 6 nitrogen and oxygen atoms in total. The normalized spacial score (nSPS) is 10.7. The topological polar surface area (TPSA) is 89.1 Å². The molecule has 3 heterocycles. The largest absolute Gasteiger partial charge is 0.478 e. The molecule has 0 spiro atoms. The maximum atomic E-state index is 10.9. The predicted molar refractivity (Wildman–Crippen MR) is 78.4 cm³/mol. The van der Waals surface area contributed by atoms with Crippen LogP contribution in [0.15, 0.2) is 44.7 Å². The maximum Gasteiger partial charge on any atom is 0.335 e. The second kappa shape index (κ2) is 6.06. The van der Waals surface area contributed by atoms with Crippen molar-refractivity contribution in [3.63, 3.8) is 0 Å². The summed E-state index contributed by atoms with van der Waals surface area (Å²) in [5, 5.41) is 17.3. The van der Waals surface area contributed by atoms with Gasteiger partial charge in [0, 0.05) is 11.6 Å². The Hall–Kier alpha value is -2.19. The van der Waals surface area contributed by atoms with Gasteiger partial charge in [0.2, 0.25) is 0 Å². The monoisotopic (exact) mass is 319 g/mol. The Kier molecular flexibility index (Phi) is 3.98. The fraction of sp³-hybridized carbons (Fsp3) is 0.0769. The number of pyridine rings is 1. The van der Waals surface area contributed by atoms with E-state index in [-0.39, 0.29) is 5.56 Å². The van der Waals surface area contributed by atoms with Crippen LogP contribution in [-0.2, 0) is 5.75 Å². The van der Waals surface area contributed by atoms with Crippen molar-refractivity contribution in [1.82, 2.24) is 15.1 Å². The molecule has 0 saturated carbocycles. The number of thiophene rings is 1. The van der Waals surface area contributed by atoms with Crippen LogP contribution in [0.2, 0.25) is 0 Å². The zero-order valence-corrected chi connectivity index (χ0v) is 12.2. The Morgan fingerprint density at radius 1 is 1.43 bits per heavy atom. The smallest absolute Gasteiger partial charge is 0.335 e. The van der Waals surface area contributed by atoms with E-state index in [1.54, 1.807) is 11.3 Å². The standard InChI is InChI=1S/C13H9N3O3S2/c17-13(18)8-1-3-14-11(5-8)21-7-10-15-12(19-16-10)9-2-4-20-6-9/h1-6H,7H2,(H,17,18). The summed E-state index contributed by atoms with van der Waals surface area (Å²) >= 11 is 2.92. The molecule has 0 aromatic carbocycles. The number of aromatic carboxylic acids is 1. The van der Waals surface area contributed by atoms with Gasteiger partial charge in [-0.3, -0.25) is 0 Å². The van der Waals surface area contributed by atoms with Gasteiger partial charge < -0.3 is 9.63 Å². The molecule has 0 atom stereocenters. The van der Waals surface area contributed by atoms with Gasteiger partial charge >= 0.3 is 5.97 Å². The summed E-state index contributed by atoms with van der Waals surface area (Å²) in [4.78, 5) is 19.3. The van der Waals surface area contributed by atoms with Crippen molar-refractivity contribution in [3.05, 3.63) is 46.5 Å². The number of aromatic nitrogens is 3. The molecule has 0 radical (unpaired) electrons. The summed E-state index contributed by atoms with van der Waals surface area (Å²) in [6, 6.07) is 4.88. The fourth-order valence-corrected chi connectivity index (χ4v) is 2.95. The molecule has 106 valence electrons. The summed E-state index contributed by atoms with van der Waals surface area (Å²) in [6.07, 6.45) is 1.47. The lowest BCUT2D eigenvalue weighted by Crippen LogP contribution is -1.97. The highest BCUT2D eigenvalue weighted by molar-refractivity contribution is 7.98. The molecule has 8 heteroatoms. The second-order valence-electron chi connectivity index (χ2n) is 4.00. The van der Waals surface area contributed by atoms with Crippen LogP contribution >= 0.6 is 23.1 Å². The first-order chi connectivity index (χ1) is 10.2. The molecule has 0 saturated heterocycles. The molecule has 1 N–H and O–H groups in total. The van der Waals surface area contributed by atoms with Gasteiger partial charge in [-0.2, -0.15) is 16.3 Å². The SMILES string of the molecule is O=C(O)c1ccnc(SCc2noc(-c3ccsc3)n2)c1. The van der Waals surface area contributed by atoms with Gasteiger partial charge in [0.05, 0.1) is 21.9 Å². The quantitative estimate of drug-likeness (QED) is 0.722. The third-order valence-electron chi connectivity index (χ3n) is 2.57. The molecule has 3 aromatic rings. The van der Waals surface area contributed by atoms with Gasteiger partial charge in [0.25, 0.3) is 5.89 Å². The number of thioether (sulfide) groups is 1. The van der Waals surface area contributed by atoms with Crippen LogP contribution in [0.3, 0.4) is 0 Å². The zero-order chi connectivity index (χ0) is 14.7. The Morgan fingerprint density at radius 2 is 2.33 bits per heavy atom. The van der Waals surface area contributed by atoms with Crippen molar-refractivity contribution in [2.24, 2.45) is 0 Å². The summed E-state index contributed by atoms with van der Waals surface area (Å²) in [7, 11) is 0. The first-order valence-electron chi connectivity index (χ1n) is 5.89. The Bertz CT molecular complexity index is 756. The predicted octanol–water partition coefficient (Wildman–Crippen LogP) is 3.18. The summed E-state index contributed by atoms with van der Waals surface area (Å²) < 4.78 is 5.18. The molecule has 0 amide bonds. The highest BCUT2D eigenvalue weighted by atomic mass is 32.2. The van der Waals surface area contributed by atoms with Crippen LogP contribution < -0.4 is 0 Å². The highest BCUT2D eigenvalue weighted by Crippen LogP contribution is 2.23. The number of rotatable bonds is 5. The minimum atomic E-state index is -0.974. The van der Waals surface area contributed by atoms with Crippen LogP contribution in [0.5, 0.6) is 0 Å². The molecule has 0 aliphatic heterocycles. The molecule has 0 bridgehead atoms. The minimum absolute atomic E-state index is 0.208. The molecular formula is C13H9N3O3S2. The van der Waals surface area contributed by atoms with Gasteiger partial charge in [0.1, 0.15) is 0 Å². The van der Waals surface area contributed by atoms with Gasteiger partial charge in [-0.05, 0) is 23.6 Å². The van der Waals surface area contributed by atoms with Gasteiger partial charge in [0.15, 0.2) is 5.82 Å². The Morgan fingerprint density at radius 3 is 3.10 bits per heavy atom. The molecule has 21 heavy (non-hydrogen) atoms. The van der Waals surface area contributed by atoms with E-state index in [1.807, 2.05) is 16.8 Å². The van der Waals surface area contributed by atoms with Crippen LogP contribution in [0.4, 0.5) is 0 Å². The van der Waals surface area contributed by atoms with Crippen molar-refractivity contribution >= 4 is 29.1 Å². The molecular weight excluding hydrogens is 310 g/mol. The number of carboxylic acids is 1. The lowest BCUT2D eigenvalue weighted by molar-refractivity contribution is 0.0696. The van der Waals surface area contributed by atoms with Gasteiger partial charge in [-0.1, -0.05) is 16.9 Å². The number of hydrogen-bond donors (Lipinski definition) is 1. The van der Waals surface area contributed by atoms with E-state index in [0.717, 1.165) is 5.56 Å². The van der Waals surface area contributed by atoms with E-state index < -0.39 is 5.97 Å². The second-order valence-corrected chi connectivity index (χ2v) is 5.78. The average molecular weight is 319 g/mol. The van der Waals surface area contributed by atoms with Crippen molar-refractivity contribution in [2.45, 2.75) is 10.8 Å². The van der Waals surface area contributed by atoms with Crippen LogP contribution in [0.1, 0.15) is 16.2 Å². The third-order valence-corrected chi connectivity index (χ3v) is 4.17. The lowest BCUT2D eigenvalue weighted by Gasteiger charge is -1.99. The van der Waals surface area contributed by atoms with E-state index in [4.69, 9.17) is 9.63 Å².